The highest BCUT2D eigenvalue weighted by Gasteiger charge is 2.21. The number of amides is 2. The summed E-state index contributed by atoms with van der Waals surface area (Å²) < 4.78 is 12.3. The molecule has 4 aromatic rings. The Bertz CT molecular complexity index is 1470. The van der Waals surface area contributed by atoms with Gasteiger partial charge in [0.15, 0.2) is 23.9 Å². The lowest BCUT2D eigenvalue weighted by molar-refractivity contribution is -0.123. The second-order valence-electron chi connectivity index (χ2n) is 8.62. The number of hydrogen-bond acceptors (Lipinski definition) is 6. The zero-order valence-corrected chi connectivity index (χ0v) is 22.3. The molecule has 1 aliphatic heterocycles. The number of benzene rings is 2. The van der Waals surface area contributed by atoms with Gasteiger partial charge < -0.3 is 25.1 Å². The van der Waals surface area contributed by atoms with E-state index in [4.69, 9.17) is 14.5 Å². The van der Waals surface area contributed by atoms with Crippen molar-refractivity contribution in [2.45, 2.75) is 19.9 Å². The maximum Gasteiger partial charge on any atom is 0.258 e. The molecule has 3 heterocycles. The number of hydrogen-bond donors (Lipinski definition) is 3. The quantitative estimate of drug-likeness (QED) is 0.274. The highest BCUT2D eigenvalue weighted by Crippen LogP contribution is 2.39. The van der Waals surface area contributed by atoms with Crippen molar-refractivity contribution >= 4 is 27.7 Å². The second kappa shape index (κ2) is 11.5. The molecule has 5 rings (SSSR count). The molecule has 2 amide bonds. The van der Waals surface area contributed by atoms with Crippen molar-refractivity contribution in [3.05, 3.63) is 82.1 Å². The molecule has 0 fully saturated rings. The molecule has 0 atom stereocenters. The first-order valence-corrected chi connectivity index (χ1v) is 13.0. The highest BCUT2D eigenvalue weighted by atomic mass is 79.9. The van der Waals surface area contributed by atoms with Gasteiger partial charge >= 0.3 is 0 Å². The molecule has 2 aromatic heterocycles. The summed E-state index contributed by atoms with van der Waals surface area (Å²) in [5.74, 6) is 1.04. The Balaban J connectivity index is 1.34. The van der Waals surface area contributed by atoms with Crippen molar-refractivity contribution in [2.75, 3.05) is 19.8 Å². The first-order chi connectivity index (χ1) is 18.5. The number of rotatable bonds is 9. The molecule has 0 unspecified atom stereocenters. The normalized spacial score (nSPS) is 12.4. The summed E-state index contributed by atoms with van der Waals surface area (Å²) in [5.41, 5.74) is 4.67. The maximum absolute atomic E-state index is 12.4. The van der Waals surface area contributed by atoms with E-state index >= 15 is 0 Å². The SMILES string of the molecule is CCOc1cc(-c2nccc(-c3cc4c([nH]3)CCNC4=O)n2)cc(Br)c1OCC(=O)NCc1ccccc1. The number of carbonyl (C=O) groups excluding carboxylic acids is 2. The number of fused-ring (bicyclic) bond motifs is 1. The minimum atomic E-state index is -0.245. The van der Waals surface area contributed by atoms with Gasteiger partial charge in [0, 0.05) is 37.0 Å². The Morgan fingerprint density at radius 1 is 1.13 bits per heavy atom. The van der Waals surface area contributed by atoms with Crippen LogP contribution in [0.15, 0.2) is 65.3 Å². The third-order valence-corrected chi connectivity index (χ3v) is 6.57. The summed E-state index contributed by atoms with van der Waals surface area (Å²) in [5, 5.41) is 5.71. The van der Waals surface area contributed by atoms with Gasteiger partial charge in [-0.3, -0.25) is 9.59 Å². The molecule has 194 valence electrons. The predicted octanol–water partition coefficient (Wildman–Crippen LogP) is 4.28. The van der Waals surface area contributed by atoms with Crippen LogP contribution in [0.5, 0.6) is 11.5 Å². The van der Waals surface area contributed by atoms with E-state index in [2.05, 4.69) is 36.5 Å². The lowest BCUT2D eigenvalue weighted by Gasteiger charge is -2.15. The van der Waals surface area contributed by atoms with E-state index in [1.54, 1.807) is 18.3 Å². The maximum atomic E-state index is 12.4. The van der Waals surface area contributed by atoms with E-state index in [0.717, 1.165) is 23.4 Å². The molecule has 0 spiro atoms. The Labute approximate surface area is 228 Å². The number of nitrogens with zero attached hydrogens (tertiary/aromatic N) is 2. The summed E-state index contributed by atoms with van der Waals surface area (Å²) in [6.07, 6.45) is 2.42. The van der Waals surface area contributed by atoms with Gasteiger partial charge in [0.2, 0.25) is 0 Å². The second-order valence-corrected chi connectivity index (χ2v) is 9.47. The van der Waals surface area contributed by atoms with Crippen molar-refractivity contribution < 1.29 is 19.1 Å². The van der Waals surface area contributed by atoms with Crippen molar-refractivity contribution in [3.63, 3.8) is 0 Å². The lowest BCUT2D eigenvalue weighted by atomic mass is 10.1. The average Bonchev–Trinajstić information content (AvgIpc) is 3.38. The van der Waals surface area contributed by atoms with Crippen LogP contribution in [-0.4, -0.2) is 46.5 Å². The molecule has 0 aliphatic carbocycles. The van der Waals surface area contributed by atoms with E-state index in [9.17, 15) is 9.59 Å². The zero-order valence-electron chi connectivity index (χ0n) is 20.7. The summed E-state index contributed by atoms with van der Waals surface area (Å²) in [7, 11) is 0. The van der Waals surface area contributed by atoms with Gasteiger partial charge in [-0.1, -0.05) is 30.3 Å². The molecule has 9 nitrogen and oxygen atoms in total. The predicted molar refractivity (Wildman–Crippen MR) is 146 cm³/mol. The standard InChI is InChI=1S/C28H26BrN5O4/c1-2-37-24-13-18(12-20(29)26(24)38-16-25(35)32-15-17-6-4-3-5-7-17)27-30-10-9-22(34-27)23-14-19-21(33-23)8-11-31-28(19)36/h3-7,9-10,12-14,33H,2,8,11,15-16H2,1H3,(H,31,36)(H,32,35). The van der Waals surface area contributed by atoms with Crippen LogP contribution >= 0.6 is 15.9 Å². The highest BCUT2D eigenvalue weighted by molar-refractivity contribution is 9.10. The van der Waals surface area contributed by atoms with Crippen molar-refractivity contribution in [2.24, 2.45) is 0 Å². The van der Waals surface area contributed by atoms with Gasteiger partial charge in [-0.15, -0.1) is 0 Å². The van der Waals surface area contributed by atoms with Crippen LogP contribution in [0.4, 0.5) is 0 Å². The number of carbonyl (C=O) groups is 2. The van der Waals surface area contributed by atoms with Gasteiger partial charge in [0.1, 0.15) is 0 Å². The molecule has 10 heteroatoms. The molecule has 1 aliphatic rings. The Morgan fingerprint density at radius 3 is 2.76 bits per heavy atom. The van der Waals surface area contributed by atoms with Crippen LogP contribution in [0.25, 0.3) is 22.8 Å². The van der Waals surface area contributed by atoms with Crippen molar-refractivity contribution in [3.8, 4) is 34.3 Å². The van der Waals surface area contributed by atoms with Crippen LogP contribution in [0.2, 0.25) is 0 Å². The lowest BCUT2D eigenvalue weighted by Crippen LogP contribution is -2.31. The summed E-state index contributed by atoms with van der Waals surface area (Å²) in [6.45, 7) is 3.14. The number of halogens is 1. The van der Waals surface area contributed by atoms with Crippen LogP contribution in [0.1, 0.15) is 28.5 Å². The largest absolute Gasteiger partial charge is 0.490 e. The number of nitrogens with one attached hydrogen (secondary N) is 3. The summed E-state index contributed by atoms with van der Waals surface area (Å²) in [6, 6.07) is 16.9. The first-order valence-electron chi connectivity index (χ1n) is 12.3. The van der Waals surface area contributed by atoms with Crippen LogP contribution in [0, 0.1) is 0 Å². The molecule has 0 radical (unpaired) electrons. The van der Waals surface area contributed by atoms with Crippen molar-refractivity contribution in [1.82, 2.24) is 25.6 Å². The van der Waals surface area contributed by atoms with Gasteiger partial charge in [-0.05, 0) is 52.7 Å². The van der Waals surface area contributed by atoms with Crippen LogP contribution < -0.4 is 20.1 Å². The van der Waals surface area contributed by atoms with E-state index in [1.165, 1.54) is 0 Å². The number of aromatic nitrogens is 3. The van der Waals surface area contributed by atoms with Crippen molar-refractivity contribution in [1.29, 1.82) is 0 Å². The summed E-state index contributed by atoms with van der Waals surface area (Å²) >= 11 is 3.56. The monoisotopic (exact) mass is 575 g/mol. The van der Waals surface area contributed by atoms with E-state index in [1.807, 2.05) is 49.4 Å². The molecule has 0 saturated heterocycles. The van der Waals surface area contributed by atoms with Gasteiger partial charge in [-0.25, -0.2) is 9.97 Å². The fourth-order valence-corrected chi connectivity index (χ4v) is 4.72. The Kier molecular flexibility index (Phi) is 7.69. The minimum absolute atomic E-state index is 0.0855. The van der Waals surface area contributed by atoms with Gasteiger partial charge in [-0.2, -0.15) is 0 Å². The molecule has 2 aromatic carbocycles. The van der Waals surface area contributed by atoms with Crippen LogP contribution in [0.3, 0.4) is 0 Å². The number of H-pyrrole nitrogens is 1. The molecule has 38 heavy (non-hydrogen) atoms. The van der Waals surface area contributed by atoms with E-state index in [-0.39, 0.29) is 18.4 Å². The number of ether oxygens (including phenoxy) is 2. The molecule has 0 bridgehead atoms. The minimum Gasteiger partial charge on any atom is -0.490 e. The van der Waals surface area contributed by atoms with E-state index in [0.29, 0.717) is 58.3 Å². The fraction of sp³-hybridized carbons (Fsp3) is 0.214. The smallest absolute Gasteiger partial charge is 0.258 e. The average molecular weight is 576 g/mol. The Hall–Kier alpha value is -4.18. The topological polar surface area (TPSA) is 118 Å². The molecule has 0 saturated carbocycles. The van der Waals surface area contributed by atoms with E-state index < -0.39 is 0 Å². The molecular weight excluding hydrogens is 550 g/mol. The Morgan fingerprint density at radius 2 is 1.97 bits per heavy atom. The zero-order chi connectivity index (χ0) is 26.5. The first kappa shape index (κ1) is 25.5. The fourth-order valence-electron chi connectivity index (χ4n) is 4.16. The van der Waals surface area contributed by atoms with Crippen LogP contribution in [-0.2, 0) is 17.8 Å². The number of aromatic amines is 1. The molecule has 3 N–H and O–H groups in total. The van der Waals surface area contributed by atoms with Gasteiger partial charge in [0.05, 0.1) is 28.0 Å². The third-order valence-electron chi connectivity index (χ3n) is 5.98. The third kappa shape index (κ3) is 5.70. The summed E-state index contributed by atoms with van der Waals surface area (Å²) in [4.78, 5) is 37.0. The van der Waals surface area contributed by atoms with Gasteiger partial charge in [0.25, 0.3) is 11.8 Å². The molecular formula is C28H26BrN5O4.